The van der Waals surface area contributed by atoms with Crippen LogP contribution in [0, 0.1) is 0 Å². The monoisotopic (exact) mass is 296 g/mol. The second-order valence-corrected chi connectivity index (χ2v) is 4.89. The zero-order chi connectivity index (χ0) is 12.4. The van der Waals surface area contributed by atoms with E-state index in [0.717, 1.165) is 15.4 Å². The predicted molar refractivity (Wildman–Crippen MR) is 70.0 cm³/mol. The second kappa shape index (κ2) is 4.89. The number of halogens is 1. The summed E-state index contributed by atoms with van der Waals surface area (Å²) in [5.41, 5.74) is 1.41. The van der Waals surface area contributed by atoms with Gasteiger partial charge in [0.25, 0.3) is 5.91 Å². The number of rotatable bonds is 3. The van der Waals surface area contributed by atoms with Crippen LogP contribution in [-0.2, 0) is 0 Å². The van der Waals surface area contributed by atoms with E-state index in [0.29, 0.717) is 5.69 Å². The number of aliphatic hydroxyl groups excluding tert-OH is 1. The highest BCUT2D eigenvalue weighted by atomic mass is 79.9. The summed E-state index contributed by atoms with van der Waals surface area (Å²) in [7, 11) is 0. The van der Waals surface area contributed by atoms with Gasteiger partial charge in [-0.1, -0.05) is 15.9 Å². The number of aromatic amines is 1. The maximum Gasteiger partial charge on any atom is 0.268 e. The lowest BCUT2D eigenvalue weighted by Crippen LogP contribution is -2.35. The molecule has 1 atom stereocenters. The van der Waals surface area contributed by atoms with Gasteiger partial charge in [-0.3, -0.25) is 4.79 Å². The highest BCUT2D eigenvalue weighted by Crippen LogP contribution is 2.20. The molecule has 1 unspecified atom stereocenters. The standard InChI is InChI=1S/C12H13BrN2O2/c1-7(6-16)14-12(17)11-5-8-4-9(13)2-3-10(8)15-11/h2-5,7,15-16H,6H2,1H3,(H,14,17). The van der Waals surface area contributed by atoms with Gasteiger partial charge < -0.3 is 15.4 Å². The molecule has 0 fully saturated rings. The minimum atomic E-state index is -0.249. The third-order valence-electron chi connectivity index (χ3n) is 2.48. The molecule has 2 rings (SSSR count). The van der Waals surface area contributed by atoms with Crippen molar-refractivity contribution in [2.24, 2.45) is 0 Å². The minimum absolute atomic E-state index is 0.0719. The van der Waals surface area contributed by atoms with Crippen LogP contribution >= 0.6 is 15.9 Å². The van der Waals surface area contributed by atoms with E-state index in [1.54, 1.807) is 13.0 Å². The number of H-pyrrole nitrogens is 1. The first-order valence-electron chi connectivity index (χ1n) is 5.30. The molecule has 90 valence electrons. The summed E-state index contributed by atoms with van der Waals surface area (Å²) in [5.74, 6) is -0.209. The largest absolute Gasteiger partial charge is 0.394 e. The normalized spacial score (nSPS) is 12.6. The predicted octanol–water partition coefficient (Wildman–Crippen LogP) is 2.04. The van der Waals surface area contributed by atoms with Gasteiger partial charge in [0, 0.05) is 21.4 Å². The van der Waals surface area contributed by atoms with Gasteiger partial charge in [0.1, 0.15) is 5.69 Å². The smallest absolute Gasteiger partial charge is 0.268 e. The van der Waals surface area contributed by atoms with Gasteiger partial charge in [0.2, 0.25) is 0 Å². The number of carbonyl (C=O) groups is 1. The van der Waals surface area contributed by atoms with Crippen LogP contribution in [0.25, 0.3) is 10.9 Å². The number of nitrogens with one attached hydrogen (secondary N) is 2. The van der Waals surface area contributed by atoms with E-state index in [9.17, 15) is 4.79 Å². The van der Waals surface area contributed by atoms with Crippen LogP contribution in [0.15, 0.2) is 28.7 Å². The minimum Gasteiger partial charge on any atom is -0.394 e. The molecule has 0 aliphatic carbocycles. The average Bonchev–Trinajstić information content (AvgIpc) is 2.71. The lowest BCUT2D eigenvalue weighted by molar-refractivity contribution is 0.0918. The van der Waals surface area contributed by atoms with Crippen LogP contribution in [0.2, 0.25) is 0 Å². The molecule has 0 aliphatic heterocycles. The molecular weight excluding hydrogens is 284 g/mol. The number of hydrogen-bond acceptors (Lipinski definition) is 2. The number of aliphatic hydroxyl groups is 1. The number of fused-ring (bicyclic) bond motifs is 1. The van der Waals surface area contributed by atoms with Crippen LogP contribution in [0.4, 0.5) is 0 Å². The summed E-state index contributed by atoms with van der Waals surface area (Å²) < 4.78 is 0.972. The molecule has 17 heavy (non-hydrogen) atoms. The Balaban J connectivity index is 2.27. The van der Waals surface area contributed by atoms with Gasteiger partial charge in [0.15, 0.2) is 0 Å². The van der Waals surface area contributed by atoms with Crippen molar-refractivity contribution in [3.8, 4) is 0 Å². The first-order valence-corrected chi connectivity index (χ1v) is 6.09. The number of amides is 1. The molecule has 0 spiro atoms. The molecule has 1 aromatic carbocycles. The molecule has 4 nitrogen and oxygen atoms in total. The molecule has 1 aromatic heterocycles. The van der Waals surface area contributed by atoms with E-state index >= 15 is 0 Å². The fourth-order valence-corrected chi connectivity index (χ4v) is 1.95. The van der Waals surface area contributed by atoms with Gasteiger partial charge >= 0.3 is 0 Å². The Morgan fingerprint density at radius 3 is 3.00 bits per heavy atom. The van der Waals surface area contributed by atoms with Crippen molar-refractivity contribution in [2.75, 3.05) is 6.61 Å². The zero-order valence-corrected chi connectivity index (χ0v) is 10.9. The molecule has 0 saturated carbocycles. The first-order chi connectivity index (χ1) is 8.10. The van der Waals surface area contributed by atoms with Gasteiger partial charge in [-0.15, -0.1) is 0 Å². The second-order valence-electron chi connectivity index (χ2n) is 3.97. The molecule has 0 aliphatic rings. The quantitative estimate of drug-likeness (QED) is 0.811. The van der Waals surface area contributed by atoms with E-state index in [1.165, 1.54) is 0 Å². The van der Waals surface area contributed by atoms with E-state index in [-0.39, 0.29) is 18.6 Å². The lowest BCUT2D eigenvalue weighted by Gasteiger charge is -2.08. The van der Waals surface area contributed by atoms with Crippen molar-refractivity contribution in [2.45, 2.75) is 13.0 Å². The Hall–Kier alpha value is -1.33. The molecule has 0 bridgehead atoms. The van der Waals surface area contributed by atoms with Crippen LogP contribution in [0.3, 0.4) is 0 Å². The Labute approximate surface area is 107 Å². The van der Waals surface area contributed by atoms with Crippen LogP contribution in [-0.4, -0.2) is 28.6 Å². The fourth-order valence-electron chi connectivity index (χ4n) is 1.57. The number of carbonyl (C=O) groups excluding carboxylic acids is 1. The van der Waals surface area contributed by atoms with Crippen molar-refractivity contribution in [3.63, 3.8) is 0 Å². The molecule has 0 radical (unpaired) electrons. The van der Waals surface area contributed by atoms with Crippen LogP contribution in [0.5, 0.6) is 0 Å². The van der Waals surface area contributed by atoms with Gasteiger partial charge in [-0.25, -0.2) is 0 Å². The zero-order valence-electron chi connectivity index (χ0n) is 9.33. The number of aromatic nitrogens is 1. The van der Waals surface area contributed by atoms with Crippen molar-refractivity contribution in [1.29, 1.82) is 0 Å². The maximum atomic E-state index is 11.8. The molecule has 2 aromatic rings. The summed E-state index contributed by atoms with van der Waals surface area (Å²) in [6, 6.07) is 7.31. The average molecular weight is 297 g/mol. The Kier molecular flexibility index (Phi) is 3.49. The Morgan fingerprint density at radius 1 is 1.53 bits per heavy atom. The van der Waals surface area contributed by atoms with E-state index in [1.807, 2.05) is 18.2 Å². The summed E-state index contributed by atoms with van der Waals surface area (Å²) in [6.45, 7) is 1.68. The first kappa shape index (κ1) is 12.1. The molecule has 1 amide bonds. The highest BCUT2D eigenvalue weighted by Gasteiger charge is 2.11. The summed E-state index contributed by atoms with van der Waals surface area (Å²) >= 11 is 3.38. The molecular formula is C12H13BrN2O2. The SMILES string of the molecule is CC(CO)NC(=O)c1cc2cc(Br)ccc2[nH]1. The number of hydrogen-bond donors (Lipinski definition) is 3. The van der Waals surface area contributed by atoms with Crippen LogP contribution < -0.4 is 5.32 Å². The van der Waals surface area contributed by atoms with E-state index in [2.05, 4.69) is 26.2 Å². The molecule has 1 heterocycles. The molecule has 5 heteroatoms. The van der Waals surface area contributed by atoms with Crippen molar-refractivity contribution in [3.05, 3.63) is 34.4 Å². The van der Waals surface area contributed by atoms with Gasteiger partial charge in [-0.2, -0.15) is 0 Å². The van der Waals surface area contributed by atoms with Crippen molar-refractivity contribution >= 4 is 32.7 Å². The summed E-state index contributed by atoms with van der Waals surface area (Å²) in [4.78, 5) is 14.8. The topological polar surface area (TPSA) is 65.1 Å². The number of benzene rings is 1. The van der Waals surface area contributed by atoms with E-state index < -0.39 is 0 Å². The Morgan fingerprint density at radius 2 is 2.29 bits per heavy atom. The highest BCUT2D eigenvalue weighted by molar-refractivity contribution is 9.10. The van der Waals surface area contributed by atoms with Crippen molar-refractivity contribution in [1.82, 2.24) is 10.3 Å². The third-order valence-corrected chi connectivity index (χ3v) is 2.97. The fraction of sp³-hybridized carbons (Fsp3) is 0.250. The summed E-state index contributed by atoms with van der Waals surface area (Å²) in [6.07, 6.45) is 0. The van der Waals surface area contributed by atoms with Gasteiger partial charge in [0.05, 0.1) is 6.61 Å². The third kappa shape index (κ3) is 2.68. The summed E-state index contributed by atoms with van der Waals surface area (Å²) in [5, 5.41) is 12.5. The maximum absolute atomic E-state index is 11.8. The van der Waals surface area contributed by atoms with Crippen LogP contribution in [0.1, 0.15) is 17.4 Å². The Bertz CT molecular complexity index is 550. The van der Waals surface area contributed by atoms with Crippen molar-refractivity contribution < 1.29 is 9.90 Å². The van der Waals surface area contributed by atoms with E-state index in [4.69, 9.17) is 5.11 Å². The lowest BCUT2D eigenvalue weighted by atomic mass is 10.2. The molecule has 3 N–H and O–H groups in total. The molecule has 0 saturated heterocycles. The van der Waals surface area contributed by atoms with Gasteiger partial charge in [-0.05, 0) is 31.2 Å².